The average Bonchev–Trinajstić information content (AvgIpc) is 2.00. The summed E-state index contributed by atoms with van der Waals surface area (Å²) < 4.78 is 0. The lowest BCUT2D eigenvalue weighted by Gasteiger charge is -2.49. The summed E-state index contributed by atoms with van der Waals surface area (Å²) in [5.41, 5.74) is 0. The molecule has 0 aromatic carbocycles. The summed E-state index contributed by atoms with van der Waals surface area (Å²) in [6, 6.07) is 0.454. The van der Waals surface area contributed by atoms with Crippen molar-refractivity contribution in [3.05, 3.63) is 0 Å². The summed E-state index contributed by atoms with van der Waals surface area (Å²) in [7, 11) is 0. The monoisotopic (exact) mass is 183 g/mol. The Morgan fingerprint density at radius 2 is 1.85 bits per heavy atom. The highest BCUT2D eigenvalue weighted by Gasteiger charge is 2.40. The Kier molecular flexibility index (Phi) is 2.99. The SMILES string of the molecule is CC(C)C(=O)N1CC(C(C)C)C1C. The first kappa shape index (κ1) is 10.6. The van der Waals surface area contributed by atoms with Gasteiger partial charge in [-0.1, -0.05) is 27.7 Å². The van der Waals surface area contributed by atoms with Crippen LogP contribution in [0.25, 0.3) is 0 Å². The predicted molar refractivity (Wildman–Crippen MR) is 54.3 cm³/mol. The van der Waals surface area contributed by atoms with Crippen molar-refractivity contribution in [1.29, 1.82) is 0 Å². The molecule has 1 aliphatic rings. The van der Waals surface area contributed by atoms with Gasteiger partial charge in [-0.15, -0.1) is 0 Å². The van der Waals surface area contributed by atoms with Gasteiger partial charge < -0.3 is 4.90 Å². The van der Waals surface area contributed by atoms with Gasteiger partial charge in [-0.25, -0.2) is 0 Å². The highest BCUT2D eigenvalue weighted by Crippen LogP contribution is 2.31. The van der Waals surface area contributed by atoms with Crippen LogP contribution in [0.1, 0.15) is 34.6 Å². The van der Waals surface area contributed by atoms with Crippen molar-refractivity contribution in [3.63, 3.8) is 0 Å². The smallest absolute Gasteiger partial charge is 0.225 e. The third-order valence-electron chi connectivity index (χ3n) is 3.15. The summed E-state index contributed by atoms with van der Waals surface area (Å²) in [6.45, 7) is 11.5. The molecule has 0 N–H and O–H groups in total. The summed E-state index contributed by atoms with van der Waals surface area (Å²) >= 11 is 0. The number of carbonyl (C=O) groups is 1. The van der Waals surface area contributed by atoms with Crippen molar-refractivity contribution in [2.45, 2.75) is 40.7 Å². The van der Waals surface area contributed by atoms with Crippen LogP contribution in [0.2, 0.25) is 0 Å². The molecule has 0 spiro atoms. The van der Waals surface area contributed by atoms with Gasteiger partial charge in [0.2, 0.25) is 5.91 Å². The Morgan fingerprint density at radius 1 is 1.31 bits per heavy atom. The molecule has 76 valence electrons. The van der Waals surface area contributed by atoms with Crippen LogP contribution in [0.5, 0.6) is 0 Å². The number of likely N-dealkylation sites (tertiary alicyclic amines) is 1. The molecule has 1 heterocycles. The molecule has 0 aromatic rings. The second-order valence-corrected chi connectivity index (χ2v) is 4.79. The quantitative estimate of drug-likeness (QED) is 0.642. The van der Waals surface area contributed by atoms with Crippen LogP contribution in [-0.2, 0) is 4.79 Å². The summed E-state index contributed by atoms with van der Waals surface area (Å²) in [4.78, 5) is 13.6. The second-order valence-electron chi connectivity index (χ2n) is 4.79. The van der Waals surface area contributed by atoms with Crippen LogP contribution < -0.4 is 0 Å². The Hall–Kier alpha value is -0.530. The molecule has 0 aromatic heterocycles. The fraction of sp³-hybridized carbons (Fsp3) is 0.909. The van der Waals surface area contributed by atoms with Crippen molar-refractivity contribution in [1.82, 2.24) is 4.90 Å². The van der Waals surface area contributed by atoms with E-state index < -0.39 is 0 Å². The minimum absolute atomic E-state index is 0.149. The molecule has 0 bridgehead atoms. The molecule has 1 fully saturated rings. The molecule has 0 radical (unpaired) electrons. The number of hydrogen-bond acceptors (Lipinski definition) is 1. The van der Waals surface area contributed by atoms with Gasteiger partial charge in [-0.2, -0.15) is 0 Å². The zero-order chi connectivity index (χ0) is 10.2. The molecule has 2 heteroatoms. The van der Waals surface area contributed by atoms with Crippen molar-refractivity contribution in [2.75, 3.05) is 6.54 Å². The van der Waals surface area contributed by atoms with Crippen LogP contribution in [0.3, 0.4) is 0 Å². The van der Waals surface area contributed by atoms with Crippen LogP contribution in [0.4, 0.5) is 0 Å². The minimum Gasteiger partial charge on any atom is -0.339 e. The Morgan fingerprint density at radius 3 is 2.15 bits per heavy atom. The average molecular weight is 183 g/mol. The zero-order valence-corrected chi connectivity index (χ0v) is 9.37. The van der Waals surface area contributed by atoms with Crippen LogP contribution >= 0.6 is 0 Å². The lowest BCUT2D eigenvalue weighted by molar-refractivity contribution is -0.148. The topological polar surface area (TPSA) is 20.3 Å². The molecule has 2 atom stereocenters. The maximum absolute atomic E-state index is 11.6. The second kappa shape index (κ2) is 3.69. The van der Waals surface area contributed by atoms with E-state index in [0.29, 0.717) is 23.8 Å². The molecule has 13 heavy (non-hydrogen) atoms. The molecule has 2 nitrogen and oxygen atoms in total. The van der Waals surface area contributed by atoms with Crippen molar-refractivity contribution in [2.24, 2.45) is 17.8 Å². The van der Waals surface area contributed by atoms with E-state index in [9.17, 15) is 4.79 Å². The van der Waals surface area contributed by atoms with Gasteiger partial charge in [0.1, 0.15) is 0 Å². The van der Waals surface area contributed by atoms with Gasteiger partial charge in [-0.05, 0) is 18.8 Å². The molecule has 1 aliphatic heterocycles. The van der Waals surface area contributed by atoms with Gasteiger partial charge >= 0.3 is 0 Å². The molecule has 2 unspecified atom stereocenters. The van der Waals surface area contributed by atoms with Gasteiger partial charge in [-0.3, -0.25) is 4.79 Å². The summed E-state index contributed by atoms with van der Waals surface area (Å²) in [5.74, 6) is 1.87. The highest BCUT2D eigenvalue weighted by atomic mass is 16.2. The van der Waals surface area contributed by atoms with E-state index in [1.807, 2.05) is 18.7 Å². The van der Waals surface area contributed by atoms with Crippen LogP contribution in [0, 0.1) is 17.8 Å². The largest absolute Gasteiger partial charge is 0.339 e. The van der Waals surface area contributed by atoms with Crippen LogP contribution in [-0.4, -0.2) is 23.4 Å². The van der Waals surface area contributed by atoms with E-state index in [-0.39, 0.29) is 5.92 Å². The first-order valence-electron chi connectivity index (χ1n) is 5.25. The van der Waals surface area contributed by atoms with E-state index in [2.05, 4.69) is 20.8 Å². The fourth-order valence-electron chi connectivity index (χ4n) is 2.03. The van der Waals surface area contributed by atoms with E-state index in [1.165, 1.54) is 0 Å². The van der Waals surface area contributed by atoms with Gasteiger partial charge in [0.25, 0.3) is 0 Å². The maximum atomic E-state index is 11.6. The first-order chi connectivity index (χ1) is 5.95. The number of carbonyl (C=O) groups excluding carboxylic acids is 1. The van der Waals surface area contributed by atoms with E-state index >= 15 is 0 Å². The fourth-order valence-corrected chi connectivity index (χ4v) is 2.03. The van der Waals surface area contributed by atoms with Crippen LogP contribution in [0.15, 0.2) is 0 Å². The standard InChI is InChI=1S/C11H21NO/c1-7(2)10-6-12(9(10)5)11(13)8(3)4/h7-10H,6H2,1-5H3. The zero-order valence-electron chi connectivity index (χ0n) is 9.37. The van der Waals surface area contributed by atoms with Gasteiger partial charge in [0, 0.05) is 18.5 Å². The lowest BCUT2D eigenvalue weighted by Crippen LogP contribution is -2.59. The Bertz CT molecular complexity index is 198. The first-order valence-corrected chi connectivity index (χ1v) is 5.25. The highest BCUT2D eigenvalue weighted by molar-refractivity contribution is 5.79. The molecule has 1 saturated heterocycles. The van der Waals surface area contributed by atoms with E-state index in [1.54, 1.807) is 0 Å². The van der Waals surface area contributed by atoms with Gasteiger partial charge in [0.05, 0.1) is 0 Å². The van der Waals surface area contributed by atoms with E-state index in [4.69, 9.17) is 0 Å². The van der Waals surface area contributed by atoms with Crippen molar-refractivity contribution >= 4 is 5.91 Å². The third-order valence-corrected chi connectivity index (χ3v) is 3.15. The minimum atomic E-state index is 0.149. The molecule has 1 rings (SSSR count). The number of rotatable bonds is 2. The van der Waals surface area contributed by atoms with Crippen molar-refractivity contribution < 1.29 is 4.79 Å². The van der Waals surface area contributed by atoms with Gasteiger partial charge in [0.15, 0.2) is 0 Å². The lowest BCUT2D eigenvalue weighted by atomic mass is 9.80. The summed E-state index contributed by atoms with van der Waals surface area (Å²) in [5, 5.41) is 0. The molecule has 0 saturated carbocycles. The maximum Gasteiger partial charge on any atom is 0.225 e. The number of hydrogen-bond donors (Lipinski definition) is 0. The Labute approximate surface area is 81.3 Å². The number of amides is 1. The predicted octanol–water partition coefficient (Wildman–Crippen LogP) is 2.15. The van der Waals surface area contributed by atoms with E-state index in [0.717, 1.165) is 6.54 Å². The summed E-state index contributed by atoms with van der Waals surface area (Å²) in [6.07, 6.45) is 0. The Balaban J connectivity index is 2.48. The molecule has 0 aliphatic carbocycles. The molecule has 1 amide bonds. The molecular weight excluding hydrogens is 162 g/mol. The normalized spacial score (nSPS) is 28.1. The molecular formula is C11H21NO. The third kappa shape index (κ3) is 1.87. The number of nitrogens with zero attached hydrogens (tertiary/aromatic N) is 1. The van der Waals surface area contributed by atoms with Crippen molar-refractivity contribution in [3.8, 4) is 0 Å².